The zero-order valence-corrected chi connectivity index (χ0v) is 10.7. The van der Waals surface area contributed by atoms with Crippen LogP contribution in [0.3, 0.4) is 0 Å². The maximum absolute atomic E-state index is 10.8. The summed E-state index contributed by atoms with van der Waals surface area (Å²) in [4.78, 5) is 13.3. The number of hydrogen-bond acceptors (Lipinski definition) is 2. The van der Waals surface area contributed by atoms with Gasteiger partial charge in [0.2, 0.25) is 0 Å². The van der Waals surface area contributed by atoms with Crippen molar-refractivity contribution in [2.75, 3.05) is 19.6 Å². The zero-order chi connectivity index (χ0) is 12.1. The van der Waals surface area contributed by atoms with Crippen LogP contribution in [0.15, 0.2) is 0 Å². The summed E-state index contributed by atoms with van der Waals surface area (Å²) in [6.45, 7) is 3.16. The smallest absolute Gasteiger partial charge is 0.306 e. The Bertz CT molecular complexity index is 241. The molecule has 0 aromatic rings. The molecule has 2 aliphatic rings. The lowest BCUT2D eigenvalue weighted by Crippen LogP contribution is -2.36. The van der Waals surface area contributed by atoms with Gasteiger partial charge >= 0.3 is 5.97 Å². The topological polar surface area (TPSA) is 40.5 Å². The average Bonchev–Trinajstić information content (AvgIpc) is 2.83. The van der Waals surface area contributed by atoms with Gasteiger partial charge in [-0.25, -0.2) is 0 Å². The summed E-state index contributed by atoms with van der Waals surface area (Å²) in [6, 6.07) is 0. The second-order valence-corrected chi connectivity index (χ2v) is 5.75. The van der Waals surface area contributed by atoms with Gasteiger partial charge in [0.25, 0.3) is 0 Å². The molecule has 0 unspecified atom stereocenters. The van der Waals surface area contributed by atoms with Crippen LogP contribution in [0.1, 0.15) is 51.4 Å². The molecule has 0 aromatic carbocycles. The van der Waals surface area contributed by atoms with E-state index in [0.29, 0.717) is 0 Å². The predicted molar refractivity (Wildman–Crippen MR) is 68.0 cm³/mol. The number of piperidine rings is 1. The third kappa shape index (κ3) is 3.98. The van der Waals surface area contributed by atoms with Gasteiger partial charge in [-0.15, -0.1) is 0 Å². The van der Waals surface area contributed by atoms with Crippen molar-refractivity contribution < 1.29 is 9.90 Å². The molecule has 1 saturated carbocycles. The SMILES string of the molecule is O=C(O)C1CCN(CCCC2CCCC2)CC1. The van der Waals surface area contributed by atoms with Crippen LogP contribution in [0, 0.1) is 11.8 Å². The number of aliphatic carboxylic acids is 1. The van der Waals surface area contributed by atoms with E-state index in [4.69, 9.17) is 5.11 Å². The van der Waals surface area contributed by atoms with Gasteiger partial charge in [0.05, 0.1) is 5.92 Å². The number of carboxylic acid groups (broad SMARTS) is 1. The molecule has 2 rings (SSSR count). The van der Waals surface area contributed by atoms with Crippen molar-refractivity contribution in [3.05, 3.63) is 0 Å². The Kier molecular flexibility index (Phi) is 4.84. The minimum absolute atomic E-state index is 0.0823. The van der Waals surface area contributed by atoms with Crippen molar-refractivity contribution in [2.45, 2.75) is 51.4 Å². The molecule has 2 fully saturated rings. The van der Waals surface area contributed by atoms with Crippen molar-refractivity contribution >= 4 is 5.97 Å². The fraction of sp³-hybridized carbons (Fsp3) is 0.929. The highest BCUT2D eigenvalue weighted by atomic mass is 16.4. The maximum atomic E-state index is 10.8. The summed E-state index contributed by atoms with van der Waals surface area (Å²) < 4.78 is 0. The van der Waals surface area contributed by atoms with Gasteiger partial charge in [0, 0.05) is 0 Å². The zero-order valence-electron chi connectivity index (χ0n) is 10.7. The van der Waals surface area contributed by atoms with Gasteiger partial charge in [-0.2, -0.15) is 0 Å². The molecule has 1 saturated heterocycles. The molecule has 0 aromatic heterocycles. The number of hydrogen-bond donors (Lipinski definition) is 1. The Labute approximate surface area is 104 Å². The van der Waals surface area contributed by atoms with Crippen LogP contribution in [0.5, 0.6) is 0 Å². The highest BCUT2D eigenvalue weighted by Crippen LogP contribution is 2.28. The summed E-state index contributed by atoms with van der Waals surface area (Å²) in [5.41, 5.74) is 0. The molecule has 0 bridgehead atoms. The maximum Gasteiger partial charge on any atom is 0.306 e. The molecule has 0 amide bonds. The Morgan fingerprint density at radius 1 is 1.12 bits per heavy atom. The first-order chi connectivity index (χ1) is 8.25. The van der Waals surface area contributed by atoms with E-state index in [2.05, 4.69) is 4.90 Å². The Morgan fingerprint density at radius 2 is 1.76 bits per heavy atom. The molecular formula is C14H25NO2. The van der Waals surface area contributed by atoms with Crippen molar-refractivity contribution in [3.8, 4) is 0 Å². The van der Waals surface area contributed by atoms with Crippen LogP contribution in [0.2, 0.25) is 0 Å². The van der Waals surface area contributed by atoms with E-state index in [-0.39, 0.29) is 5.92 Å². The summed E-state index contributed by atoms with van der Waals surface area (Å²) >= 11 is 0. The molecular weight excluding hydrogens is 214 g/mol. The van der Waals surface area contributed by atoms with E-state index < -0.39 is 5.97 Å². The fourth-order valence-corrected chi connectivity index (χ4v) is 3.31. The number of carbonyl (C=O) groups is 1. The van der Waals surface area contributed by atoms with Crippen molar-refractivity contribution in [3.63, 3.8) is 0 Å². The highest BCUT2D eigenvalue weighted by molar-refractivity contribution is 5.70. The number of carboxylic acids is 1. The molecule has 0 atom stereocenters. The second-order valence-electron chi connectivity index (χ2n) is 5.75. The van der Waals surface area contributed by atoms with Gasteiger partial charge < -0.3 is 10.0 Å². The van der Waals surface area contributed by atoms with Crippen LogP contribution >= 0.6 is 0 Å². The molecule has 1 aliphatic heterocycles. The summed E-state index contributed by atoms with van der Waals surface area (Å²) in [5, 5.41) is 8.93. The largest absolute Gasteiger partial charge is 0.481 e. The molecule has 1 N–H and O–H groups in total. The number of nitrogens with zero attached hydrogens (tertiary/aromatic N) is 1. The molecule has 17 heavy (non-hydrogen) atoms. The van der Waals surface area contributed by atoms with Gasteiger partial charge in [0.15, 0.2) is 0 Å². The van der Waals surface area contributed by atoms with E-state index in [1.54, 1.807) is 0 Å². The van der Waals surface area contributed by atoms with Crippen molar-refractivity contribution in [1.82, 2.24) is 4.90 Å². The van der Waals surface area contributed by atoms with Crippen LogP contribution in [0.25, 0.3) is 0 Å². The molecule has 98 valence electrons. The lowest BCUT2D eigenvalue weighted by molar-refractivity contribution is -0.143. The Balaban J connectivity index is 1.56. The lowest BCUT2D eigenvalue weighted by atomic mass is 9.96. The Hall–Kier alpha value is -0.570. The van der Waals surface area contributed by atoms with Crippen LogP contribution in [-0.2, 0) is 4.79 Å². The summed E-state index contributed by atoms with van der Waals surface area (Å²) in [6.07, 6.45) is 10.2. The second kappa shape index (κ2) is 6.39. The monoisotopic (exact) mass is 239 g/mol. The van der Waals surface area contributed by atoms with Gasteiger partial charge in [-0.1, -0.05) is 25.7 Å². The van der Waals surface area contributed by atoms with E-state index >= 15 is 0 Å². The van der Waals surface area contributed by atoms with Crippen molar-refractivity contribution in [1.29, 1.82) is 0 Å². The standard InChI is InChI=1S/C14H25NO2/c16-14(17)13-7-10-15(11-8-13)9-3-6-12-4-1-2-5-12/h12-13H,1-11H2,(H,16,17). The molecule has 3 nitrogen and oxygen atoms in total. The molecule has 0 radical (unpaired) electrons. The first-order valence-corrected chi connectivity index (χ1v) is 7.21. The van der Waals surface area contributed by atoms with E-state index in [1.807, 2.05) is 0 Å². The van der Waals surface area contributed by atoms with Crippen LogP contribution in [-0.4, -0.2) is 35.6 Å². The van der Waals surface area contributed by atoms with Gasteiger partial charge in [0.1, 0.15) is 0 Å². The summed E-state index contributed by atoms with van der Waals surface area (Å²) in [7, 11) is 0. The molecule has 3 heteroatoms. The average molecular weight is 239 g/mol. The van der Waals surface area contributed by atoms with Gasteiger partial charge in [-0.05, 0) is 51.2 Å². The third-order valence-electron chi connectivity index (χ3n) is 4.50. The number of likely N-dealkylation sites (tertiary alicyclic amines) is 1. The molecule has 0 spiro atoms. The van der Waals surface area contributed by atoms with Crippen LogP contribution < -0.4 is 0 Å². The minimum atomic E-state index is -0.601. The molecule has 1 aliphatic carbocycles. The lowest BCUT2D eigenvalue weighted by Gasteiger charge is -2.30. The normalized spacial score (nSPS) is 24.2. The Morgan fingerprint density at radius 3 is 2.35 bits per heavy atom. The van der Waals surface area contributed by atoms with Crippen molar-refractivity contribution in [2.24, 2.45) is 11.8 Å². The third-order valence-corrected chi connectivity index (χ3v) is 4.50. The first kappa shape index (κ1) is 12.9. The van der Waals surface area contributed by atoms with E-state index in [1.165, 1.54) is 45.1 Å². The molecule has 1 heterocycles. The fourth-order valence-electron chi connectivity index (χ4n) is 3.31. The van der Waals surface area contributed by atoms with Gasteiger partial charge in [-0.3, -0.25) is 4.79 Å². The quantitative estimate of drug-likeness (QED) is 0.802. The van der Waals surface area contributed by atoms with Crippen LogP contribution in [0.4, 0.5) is 0 Å². The predicted octanol–water partition coefficient (Wildman–Crippen LogP) is 2.75. The number of rotatable bonds is 5. The van der Waals surface area contributed by atoms with E-state index in [9.17, 15) is 4.79 Å². The van der Waals surface area contributed by atoms with E-state index in [0.717, 1.165) is 31.8 Å². The minimum Gasteiger partial charge on any atom is -0.481 e. The first-order valence-electron chi connectivity index (χ1n) is 7.21. The highest BCUT2D eigenvalue weighted by Gasteiger charge is 2.24. The summed E-state index contributed by atoms with van der Waals surface area (Å²) in [5.74, 6) is 0.309.